The lowest BCUT2D eigenvalue weighted by Gasteiger charge is -2.35. The average molecular weight is 458 g/mol. The van der Waals surface area contributed by atoms with Crippen LogP contribution in [-0.2, 0) is 4.74 Å². The van der Waals surface area contributed by atoms with Crippen LogP contribution >= 0.6 is 0 Å². The van der Waals surface area contributed by atoms with Crippen LogP contribution in [0, 0.1) is 11.6 Å². The molecule has 0 radical (unpaired) electrons. The van der Waals surface area contributed by atoms with E-state index in [2.05, 4.69) is 25.5 Å². The molecule has 3 heterocycles. The van der Waals surface area contributed by atoms with Gasteiger partial charge in [-0.25, -0.2) is 13.8 Å². The van der Waals surface area contributed by atoms with Crippen LogP contribution in [-0.4, -0.2) is 59.7 Å². The van der Waals surface area contributed by atoms with Crippen LogP contribution in [0.4, 0.5) is 26.4 Å². The van der Waals surface area contributed by atoms with Gasteiger partial charge in [-0.1, -0.05) is 0 Å². The van der Waals surface area contributed by atoms with Gasteiger partial charge in [0.25, 0.3) is 0 Å². The Morgan fingerprint density at radius 2 is 1.76 bits per heavy atom. The number of methoxy groups -OCH3 is 2. The molecule has 0 bridgehead atoms. The van der Waals surface area contributed by atoms with Crippen molar-refractivity contribution in [2.45, 2.75) is 26.1 Å². The molecule has 2 aromatic heterocycles. The zero-order valence-electron chi connectivity index (χ0n) is 18.7. The molecule has 0 unspecified atom stereocenters. The summed E-state index contributed by atoms with van der Waals surface area (Å²) in [6.07, 6.45) is 1.08. The molecule has 4 rings (SSSR count). The largest absolute Gasteiger partial charge is 0.497 e. The molecule has 0 aliphatic carbocycles. The molecule has 9 nitrogen and oxygen atoms in total. The predicted molar refractivity (Wildman–Crippen MR) is 118 cm³/mol. The Labute approximate surface area is 189 Å². The summed E-state index contributed by atoms with van der Waals surface area (Å²) < 4.78 is 45.2. The third-order valence-corrected chi connectivity index (χ3v) is 5.10. The van der Waals surface area contributed by atoms with Crippen molar-refractivity contribution in [3.8, 4) is 22.8 Å². The topological polar surface area (TPSA) is 94.5 Å². The number of ether oxygens (including phenoxy) is 3. The summed E-state index contributed by atoms with van der Waals surface area (Å²) in [7, 11) is 2.86. The molecule has 1 saturated heterocycles. The highest BCUT2D eigenvalue weighted by Gasteiger charge is 2.25. The van der Waals surface area contributed by atoms with E-state index in [1.54, 1.807) is 12.1 Å². The molecule has 1 fully saturated rings. The fraction of sp³-hybridized carbons (Fsp3) is 0.364. The first kappa shape index (κ1) is 22.6. The first-order valence-corrected chi connectivity index (χ1v) is 10.3. The van der Waals surface area contributed by atoms with Gasteiger partial charge in [0.1, 0.15) is 11.6 Å². The minimum Gasteiger partial charge on any atom is -0.497 e. The van der Waals surface area contributed by atoms with E-state index < -0.39 is 11.6 Å². The highest BCUT2D eigenvalue weighted by molar-refractivity contribution is 5.73. The molecule has 33 heavy (non-hydrogen) atoms. The highest BCUT2D eigenvalue weighted by atomic mass is 19.1. The molecule has 1 aliphatic rings. The summed E-state index contributed by atoms with van der Waals surface area (Å²) in [5.74, 6) is -0.257. The number of benzene rings is 1. The maximum atomic E-state index is 14.7. The number of rotatable bonds is 6. The van der Waals surface area contributed by atoms with Crippen LogP contribution in [0.15, 0.2) is 30.5 Å². The normalized spacial score (nSPS) is 18.2. The van der Waals surface area contributed by atoms with Gasteiger partial charge >= 0.3 is 0 Å². The van der Waals surface area contributed by atoms with E-state index in [0.717, 1.165) is 6.20 Å². The zero-order chi connectivity index (χ0) is 23.5. The van der Waals surface area contributed by atoms with E-state index in [9.17, 15) is 8.78 Å². The van der Waals surface area contributed by atoms with Gasteiger partial charge in [-0.05, 0) is 32.0 Å². The van der Waals surface area contributed by atoms with E-state index >= 15 is 0 Å². The maximum Gasteiger partial charge on any atom is 0.241 e. The Bertz CT molecular complexity index is 1140. The van der Waals surface area contributed by atoms with Crippen molar-refractivity contribution in [2.24, 2.45) is 0 Å². The number of halogens is 2. The van der Waals surface area contributed by atoms with Gasteiger partial charge < -0.3 is 24.4 Å². The maximum absolute atomic E-state index is 14.7. The Morgan fingerprint density at radius 3 is 2.42 bits per heavy atom. The second-order valence-corrected chi connectivity index (χ2v) is 7.65. The number of aromatic nitrogens is 4. The summed E-state index contributed by atoms with van der Waals surface area (Å²) in [5.41, 5.74) is 0.561. The van der Waals surface area contributed by atoms with Crippen molar-refractivity contribution in [3.63, 3.8) is 0 Å². The van der Waals surface area contributed by atoms with Gasteiger partial charge in [-0.2, -0.15) is 4.98 Å². The number of nitrogens with zero attached hydrogens (tertiary/aromatic N) is 5. The molecule has 0 spiro atoms. The van der Waals surface area contributed by atoms with Crippen molar-refractivity contribution < 1.29 is 23.0 Å². The van der Waals surface area contributed by atoms with Crippen molar-refractivity contribution in [1.82, 2.24) is 20.2 Å². The fourth-order valence-electron chi connectivity index (χ4n) is 3.69. The number of hydrogen-bond acceptors (Lipinski definition) is 9. The standard InChI is InChI=1S/C22H24F2N6O3/c1-12-10-30(11-13(2)33-12)22-25-9-18(24)20(27-22)26-19-8-16(21(32-4)29-28-19)15-6-5-14(31-3)7-17(15)23/h5-9,12-13H,10-11H2,1-4H3,(H,25,26,27,28)/t12-,13+. The lowest BCUT2D eigenvalue weighted by atomic mass is 10.1. The minimum absolute atomic E-state index is 0.00628. The average Bonchev–Trinajstić information content (AvgIpc) is 2.79. The van der Waals surface area contributed by atoms with E-state index in [-0.39, 0.29) is 35.3 Å². The number of anilines is 3. The molecular formula is C22H24F2N6O3. The molecule has 2 atom stereocenters. The smallest absolute Gasteiger partial charge is 0.241 e. The molecule has 0 amide bonds. The Hall–Kier alpha value is -3.60. The molecule has 174 valence electrons. The summed E-state index contributed by atoms with van der Waals surface area (Å²) in [4.78, 5) is 10.4. The van der Waals surface area contributed by atoms with E-state index in [1.165, 1.54) is 26.4 Å². The monoisotopic (exact) mass is 458 g/mol. The molecule has 0 saturated carbocycles. The van der Waals surface area contributed by atoms with Gasteiger partial charge in [-0.15, -0.1) is 10.2 Å². The van der Waals surface area contributed by atoms with Crippen molar-refractivity contribution in [3.05, 3.63) is 42.1 Å². The van der Waals surface area contributed by atoms with Gasteiger partial charge in [-0.3, -0.25) is 0 Å². The summed E-state index contributed by atoms with van der Waals surface area (Å²) in [5, 5.41) is 10.8. The number of hydrogen-bond donors (Lipinski definition) is 1. The lowest BCUT2D eigenvalue weighted by Crippen LogP contribution is -2.46. The SMILES string of the molecule is COc1ccc(-c2cc(Nc3nc(N4C[C@@H](C)O[C@@H](C)C4)ncc3F)nnc2OC)c(F)c1. The van der Waals surface area contributed by atoms with Crippen molar-refractivity contribution in [2.75, 3.05) is 37.5 Å². The van der Waals surface area contributed by atoms with Gasteiger partial charge in [0.05, 0.1) is 38.2 Å². The third-order valence-electron chi connectivity index (χ3n) is 5.10. The first-order valence-electron chi connectivity index (χ1n) is 10.3. The summed E-state index contributed by atoms with van der Waals surface area (Å²) >= 11 is 0. The minimum atomic E-state index is -0.664. The summed E-state index contributed by atoms with van der Waals surface area (Å²) in [6, 6.07) is 5.92. The molecule has 1 N–H and O–H groups in total. The Morgan fingerprint density at radius 1 is 1.00 bits per heavy atom. The number of nitrogens with one attached hydrogen (secondary N) is 1. The highest BCUT2D eigenvalue weighted by Crippen LogP contribution is 2.33. The lowest BCUT2D eigenvalue weighted by molar-refractivity contribution is -0.00572. The van der Waals surface area contributed by atoms with E-state index in [0.29, 0.717) is 30.4 Å². The first-order chi connectivity index (χ1) is 15.9. The molecular weight excluding hydrogens is 434 g/mol. The molecule has 1 aromatic carbocycles. The quantitative estimate of drug-likeness (QED) is 0.595. The fourth-order valence-corrected chi connectivity index (χ4v) is 3.69. The van der Waals surface area contributed by atoms with Crippen LogP contribution in [0.3, 0.4) is 0 Å². The number of morpholine rings is 1. The van der Waals surface area contributed by atoms with Gasteiger partial charge in [0.2, 0.25) is 11.8 Å². The van der Waals surface area contributed by atoms with E-state index in [4.69, 9.17) is 14.2 Å². The van der Waals surface area contributed by atoms with E-state index in [1.807, 2.05) is 18.7 Å². The third kappa shape index (κ3) is 4.92. The molecule has 11 heteroatoms. The predicted octanol–water partition coefficient (Wildman–Crippen LogP) is 3.59. The van der Waals surface area contributed by atoms with Crippen LogP contribution in [0.1, 0.15) is 13.8 Å². The van der Waals surface area contributed by atoms with Crippen LogP contribution in [0.2, 0.25) is 0 Å². The summed E-state index contributed by atoms with van der Waals surface area (Å²) in [6.45, 7) is 5.08. The van der Waals surface area contributed by atoms with Crippen LogP contribution in [0.25, 0.3) is 11.1 Å². The Balaban J connectivity index is 1.65. The van der Waals surface area contributed by atoms with Crippen molar-refractivity contribution >= 4 is 17.6 Å². The second-order valence-electron chi connectivity index (χ2n) is 7.65. The van der Waals surface area contributed by atoms with Crippen molar-refractivity contribution in [1.29, 1.82) is 0 Å². The van der Waals surface area contributed by atoms with Crippen LogP contribution < -0.4 is 19.7 Å². The second kappa shape index (κ2) is 9.49. The van der Waals surface area contributed by atoms with Gasteiger partial charge in [0, 0.05) is 24.7 Å². The Kier molecular flexibility index (Phi) is 6.50. The zero-order valence-corrected chi connectivity index (χ0v) is 18.7. The molecule has 1 aliphatic heterocycles. The van der Waals surface area contributed by atoms with Crippen LogP contribution in [0.5, 0.6) is 11.6 Å². The van der Waals surface area contributed by atoms with Gasteiger partial charge in [0.15, 0.2) is 17.5 Å². The molecule has 3 aromatic rings.